The van der Waals surface area contributed by atoms with E-state index in [9.17, 15) is 5.11 Å². The van der Waals surface area contributed by atoms with Crippen LogP contribution in [0, 0.1) is 0 Å². The van der Waals surface area contributed by atoms with Gasteiger partial charge in [-0.15, -0.1) is 0 Å². The van der Waals surface area contributed by atoms with E-state index in [1.54, 1.807) is 0 Å². The third kappa shape index (κ3) is 6.22. The highest BCUT2D eigenvalue weighted by atomic mass is 16.6. The molecule has 1 aliphatic carbocycles. The SMILES string of the molecule is CCCCCCCCCCCOc1c(C2CCCC2)cccc1C1OC1CO. The fraction of sp³-hybridized carbons (Fsp3) is 0.760. The van der Waals surface area contributed by atoms with Crippen molar-refractivity contribution in [2.75, 3.05) is 13.2 Å². The molecule has 0 bridgehead atoms. The molecule has 1 heterocycles. The summed E-state index contributed by atoms with van der Waals surface area (Å²) in [7, 11) is 0. The molecule has 158 valence electrons. The summed E-state index contributed by atoms with van der Waals surface area (Å²) in [6, 6.07) is 6.52. The van der Waals surface area contributed by atoms with Crippen molar-refractivity contribution in [3.8, 4) is 5.75 Å². The van der Waals surface area contributed by atoms with Crippen molar-refractivity contribution in [3.05, 3.63) is 29.3 Å². The number of unbranched alkanes of at least 4 members (excludes halogenated alkanes) is 8. The summed E-state index contributed by atoms with van der Waals surface area (Å²) in [5, 5.41) is 9.41. The maximum atomic E-state index is 9.41. The molecule has 2 atom stereocenters. The average Bonchev–Trinajstić information content (AvgIpc) is 3.31. The summed E-state index contributed by atoms with van der Waals surface area (Å²) in [6.45, 7) is 3.16. The van der Waals surface area contributed by atoms with Crippen LogP contribution in [0.5, 0.6) is 5.75 Å². The van der Waals surface area contributed by atoms with Crippen LogP contribution in [0.4, 0.5) is 0 Å². The fourth-order valence-electron chi connectivity index (χ4n) is 4.66. The van der Waals surface area contributed by atoms with Crippen LogP contribution in [0.15, 0.2) is 18.2 Å². The van der Waals surface area contributed by atoms with Gasteiger partial charge in [0.1, 0.15) is 18.0 Å². The van der Waals surface area contributed by atoms with E-state index in [1.807, 2.05) is 0 Å². The van der Waals surface area contributed by atoms with Gasteiger partial charge in [0.15, 0.2) is 0 Å². The van der Waals surface area contributed by atoms with Gasteiger partial charge in [-0.3, -0.25) is 0 Å². The highest BCUT2D eigenvalue weighted by Gasteiger charge is 2.42. The van der Waals surface area contributed by atoms with E-state index < -0.39 is 0 Å². The normalized spacial score (nSPS) is 21.9. The third-order valence-corrected chi connectivity index (χ3v) is 6.43. The zero-order valence-electron chi connectivity index (χ0n) is 17.8. The summed E-state index contributed by atoms with van der Waals surface area (Å²) in [6.07, 6.45) is 17.1. The zero-order chi connectivity index (χ0) is 19.6. The number of para-hydroxylation sites is 1. The van der Waals surface area contributed by atoms with Crippen LogP contribution < -0.4 is 4.74 Å². The Morgan fingerprint density at radius 1 is 0.929 bits per heavy atom. The molecule has 0 aromatic heterocycles. The molecule has 1 aromatic carbocycles. The Kier molecular flexibility index (Phi) is 9.14. The lowest BCUT2D eigenvalue weighted by atomic mass is 9.93. The first-order valence-electron chi connectivity index (χ1n) is 11.9. The smallest absolute Gasteiger partial charge is 0.128 e. The highest BCUT2D eigenvalue weighted by molar-refractivity contribution is 5.46. The van der Waals surface area contributed by atoms with Crippen molar-refractivity contribution in [3.63, 3.8) is 0 Å². The van der Waals surface area contributed by atoms with Crippen molar-refractivity contribution >= 4 is 0 Å². The molecule has 0 spiro atoms. The molecule has 3 nitrogen and oxygen atoms in total. The van der Waals surface area contributed by atoms with Crippen LogP contribution in [-0.2, 0) is 4.74 Å². The van der Waals surface area contributed by atoms with Gasteiger partial charge in [-0.1, -0.05) is 89.3 Å². The van der Waals surface area contributed by atoms with E-state index >= 15 is 0 Å². The minimum absolute atomic E-state index is 0.0180. The van der Waals surface area contributed by atoms with Gasteiger partial charge in [-0.05, 0) is 30.7 Å². The Labute approximate surface area is 171 Å². The van der Waals surface area contributed by atoms with E-state index in [2.05, 4.69) is 25.1 Å². The Bertz CT molecular complexity index is 565. The first-order chi connectivity index (χ1) is 13.8. The minimum atomic E-state index is -0.0473. The molecule has 1 aliphatic heterocycles. The number of benzene rings is 1. The maximum absolute atomic E-state index is 9.41. The molecule has 1 aromatic rings. The molecular formula is C25H40O3. The fourth-order valence-corrected chi connectivity index (χ4v) is 4.66. The van der Waals surface area contributed by atoms with E-state index in [0.717, 1.165) is 24.3 Å². The van der Waals surface area contributed by atoms with Gasteiger partial charge in [-0.2, -0.15) is 0 Å². The first kappa shape index (κ1) is 21.6. The van der Waals surface area contributed by atoms with Crippen LogP contribution >= 0.6 is 0 Å². The Hall–Kier alpha value is -1.06. The molecule has 3 heteroatoms. The second-order valence-electron chi connectivity index (χ2n) is 8.70. The number of aliphatic hydroxyl groups is 1. The molecule has 1 N–H and O–H groups in total. The van der Waals surface area contributed by atoms with Crippen molar-refractivity contribution in [1.82, 2.24) is 0 Å². The van der Waals surface area contributed by atoms with Crippen molar-refractivity contribution in [2.24, 2.45) is 0 Å². The summed E-state index contributed by atoms with van der Waals surface area (Å²) in [5.41, 5.74) is 2.53. The predicted octanol–water partition coefficient (Wildman–Crippen LogP) is 6.69. The molecule has 2 unspecified atom stereocenters. The minimum Gasteiger partial charge on any atom is -0.493 e. The second kappa shape index (κ2) is 11.8. The number of ether oxygens (including phenoxy) is 2. The van der Waals surface area contributed by atoms with E-state index in [0.29, 0.717) is 5.92 Å². The van der Waals surface area contributed by atoms with Crippen molar-refractivity contribution in [1.29, 1.82) is 0 Å². The van der Waals surface area contributed by atoms with Gasteiger partial charge in [0.05, 0.1) is 13.2 Å². The Morgan fingerprint density at radius 2 is 1.57 bits per heavy atom. The van der Waals surface area contributed by atoms with Gasteiger partial charge in [0.25, 0.3) is 0 Å². The molecule has 2 fully saturated rings. The highest BCUT2D eigenvalue weighted by Crippen LogP contribution is 2.47. The Balaban J connectivity index is 1.46. The molecule has 28 heavy (non-hydrogen) atoms. The molecule has 1 saturated heterocycles. The third-order valence-electron chi connectivity index (χ3n) is 6.43. The van der Waals surface area contributed by atoms with Crippen LogP contribution in [0.2, 0.25) is 0 Å². The van der Waals surface area contributed by atoms with E-state index in [1.165, 1.54) is 82.6 Å². The van der Waals surface area contributed by atoms with Crippen molar-refractivity contribution < 1.29 is 14.6 Å². The molecule has 0 amide bonds. The molecule has 3 rings (SSSR count). The van der Waals surface area contributed by atoms with Gasteiger partial charge in [0.2, 0.25) is 0 Å². The van der Waals surface area contributed by atoms with Crippen LogP contribution in [-0.4, -0.2) is 24.4 Å². The summed E-state index contributed by atoms with van der Waals surface area (Å²) in [5.74, 6) is 1.69. The van der Waals surface area contributed by atoms with E-state index in [4.69, 9.17) is 9.47 Å². The maximum Gasteiger partial charge on any atom is 0.128 e. The quantitative estimate of drug-likeness (QED) is 0.285. The number of epoxide rings is 1. The van der Waals surface area contributed by atoms with Crippen LogP contribution in [0.3, 0.4) is 0 Å². The summed E-state index contributed by atoms with van der Waals surface area (Å²) >= 11 is 0. The van der Waals surface area contributed by atoms with Crippen molar-refractivity contribution in [2.45, 2.75) is 109 Å². The van der Waals surface area contributed by atoms with Gasteiger partial charge >= 0.3 is 0 Å². The van der Waals surface area contributed by atoms with Crippen LogP contribution in [0.25, 0.3) is 0 Å². The van der Waals surface area contributed by atoms with Gasteiger partial charge in [-0.25, -0.2) is 0 Å². The molecule has 2 aliphatic rings. The standard InChI is InChI=1S/C25H40O3/c1-2-3-4-5-6-7-8-9-12-18-27-24-21(20-14-10-11-15-20)16-13-17-22(24)25-23(19-26)28-25/h13,16-17,20,23,25-26H,2-12,14-15,18-19H2,1H3. The number of rotatable bonds is 14. The topological polar surface area (TPSA) is 42.0 Å². The zero-order valence-corrected chi connectivity index (χ0v) is 17.8. The average molecular weight is 389 g/mol. The number of aliphatic hydroxyl groups excluding tert-OH is 1. The first-order valence-corrected chi connectivity index (χ1v) is 11.9. The second-order valence-corrected chi connectivity index (χ2v) is 8.70. The van der Waals surface area contributed by atoms with Gasteiger partial charge < -0.3 is 14.6 Å². The Morgan fingerprint density at radius 3 is 2.21 bits per heavy atom. The lowest BCUT2D eigenvalue weighted by molar-refractivity contribution is 0.241. The largest absolute Gasteiger partial charge is 0.493 e. The van der Waals surface area contributed by atoms with Crippen LogP contribution in [0.1, 0.15) is 114 Å². The predicted molar refractivity (Wildman–Crippen MR) is 115 cm³/mol. The number of hydrogen-bond donors (Lipinski definition) is 1. The molecular weight excluding hydrogens is 348 g/mol. The summed E-state index contributed by atoms with van der Waals surface area (Å²) in [4.78, 5) is 0. The summed E-state index contributed by atoms with van der Waals surface area (Å²) < 4.78 is 12.1. The lowest BCUT2D eigenvalue weighted by Crippen LogP contribution is -2.06. The number of hydrogen-bond acceptors (Lipinski definition) is 3. The van der Waals surface area contributed by atoms with E-state index in [-0.39, 0.29) is 18.8 Å². The lowest BCUT2D eigenvalue weighted by Gasteiger charge is -2.19. The monoisotopic (exact) mass is 388 g/mol. The molecule has 0 radical (unpaired) electrons. The molecule has 1 saturated carbocycles. The van der Waals surface area contributed by atoms with Gasteiger partial charge in [0, 0.05) is 5.56 Å².